The summed E-state index contributed by atoms with van der Waals surface area (Å²) in [7, 11) is 1.76. The number of carbonyl (C=O) groups is 1. The molecule has 192 valence electrons. The third-order valence-corrected chi connectivity index (χ3v) is 7.86. The number of fused-ring (bicyclic) bond motifs is 2. The molecule has 1 amide bonds. The number of benzene rings is 1. The van der Waals surface area contributed by atoms with Crippen molar-refractivity contribution in [3.63, 3.8) is 0 Å². The van der Waals surface area contributed by atoms with Gasteiger partial charge in [0.2, 0.25) is 5.91 Å². The van der Waals surface area contributed by atoms with Gasteiger partial charge in [0.05, 0.1) is 30.6 Å². The Bertz CT molecular complexity index is 1250. The normalized spacial score (nSPS) is 23.4. The number of hydrogen-bond acceptors (Lipinski definition) is 7. The van der Waals surface area contributed by atoms with E-state index in [0.717, 1.165) is 72.8 Å². The summed E-state index contributed by atoms with van der Waals surface area (Å²) in [6, 6.07) is 14.3. The van der Waals surface area contributed by atoms with Gasteiger partial charge < -0.3 is 24.6 Å². The Balaban J connectivity index is 1.31. The molecule has 1 aliphatic carbocycles. The first-order valence-corrected chi connectivity index (χ1v) is 13.1. The van der Waals surface area contributed by atoms with Crippen LogP contribution in [0.3, 0.4) is 0 Å². The molecule has 1 N–H and O–H groups in total. The summed E-state index contributed by atoms with van der Waals surface area (Å²) in [5.74, 6) is 0.985. The number of ether oxygens (including phenoxy) is 2. The van der Waals surface area contributed by atoms with E-state index in [1.807, 2.05) is 29.3 Å². The lowest BCUT2D eigenvalue weighted by Crippen LogP contribution is -2.39. The van der Waals surface area contributed by atoms with Crippen molar-refractivity contribution in [2.75, 3.05) is 41.9 Å². The number of hydrogen-bond donors (Lipinski definition) is 1. The van der Waals surface area contributed by atoms with Crippen LogP contribution in [0.5, 0.6) is 0 Å². The maximum atomic E-state index is 14.0. The van der Waals surface area contributed by atoms with Gasteiger partial charge in [0.25, 0.3) is 0 Å². The number of pyridine rings is 2. The van der Waals surface area contributed by atoms with E-state index in [0.29, 0.717) is 13.2 Å². The van der Waals surface area contributed by atoms with Gasteiger partial charge in [-0.25, -0.2) is 4.98 Å². The van der Waals surface area contributed by atoms with E-state index in [4.69, 9.17) is 9.47 Å². The molecular weight excluding hydrogens is 466 g/mol. The van der Waals surface area contributed by atoms with Crippen LogP contribution in [0.15, 0.2) is 61.1 Å². The van der Waals surface area contributed by atoms with E-state index < -0.39 is 0 Å². The molecule has 3 aromatic rings. The Hall–Kier alpha value is -3.49. The highest BCUT2D eigenvalue weighted by atomic mass is 16.5. The van der Waals surface area contributed by atoms with Gasteiger partial charge in [0, 0.05) is 61.5 Å². The monoisotopic (exact) mass is 499 g/mol. The van der Waals surface area contributed by atoms with Crippen molar-refractivity contribution in [3.05, 3.63) is 72.2 Å². The molecule has 37 heavy (non-hydrogen) atoms. The summed E-state index contributed by atoms with van der Waals surface area (Å²) >= 11 is 0. The van der Waals surface area contributed by atoms with E-state index in [1.54, 1.807) is 19.5 Å². The molecule has 1 atom stereocenters. The van der Waals surface area contributed by atoms with Crippen LogP contribution < -0.4 is 15.1 Å². The van der Waals surface area contributed by atoms with Gasteiger partial charge in [-0.15, -0.1) is 0 Å². The number of aromatic nitrogens is 2. The molecule has 1 saturated heterocycles. The van der Waals surface area contributed by atoms with Gasteiger partial charge in [0.1, 0.15) is 11.9 Å². The lowest BCUT2D eigenvalue weighted by molar-refractivity contribution is -0.124. The van der Waals surface area contributed by atoms with Crippen molar-refractivity contribution in [3.8, 4) is 0 Å². The molecule has 0 spiro atoms. The lowest BCUT2D eigenvalue weighted by atomic mass is 9.86. The molecule has 2 aliphatic heterocycles. The van der Waals surface area contributed by atoms with Crippen molar-refractivity contribution >= 4 is 28.8 Å². The smallest absolute Gasteiger partial charge is 0.230 e. The second-order valence-electron chi connectivity index (χ2n) is 10.1. The van der Waals surface area contributed by atoms with Crippen LogP contribution in [0, 0.1) is 5.92 Å². The summed E-state index contributed by atoms with van der Waals surface area (Å²) < 4.78 is 11.6. The predicted octanol–water partition coefficient (Wildman–Crippen LogP) is 4.85. The largest absolute Gasteiger partial charge is 0.381 e. The first kappa shape index (κ1) is 23.9. The van der Waals surface area contributed by atoms with Gasteiger partial charge >= 0.3 is 0 Å². The molecule has 8 nitrogen and oxygen atoms in total. The van der Waals surface area contributed by atoms with Gasteiger partial charge in [-0.1, -0.05) is 12.1 Å². The van der Waals surface area contributed by atoms with Crippen LogP contribution in [0.25, 0.3) is 0 Å². The third kappa shape index (κ3) is 4.91. The number of nitrogens with one attached hydrogen (secondary N) is 1. The second kappa shape index (κ2) is 10.5. The van der Waals surface area contributed by atoms with Crippen LogP contribution in [-0.2, 0) is 20.8 Å². The maximum Gasteiger partial charge on any atom is 0.230 e. The number of carbonyl (C=O) groups excluding carboxylic acids is 1. The van der Waals surface area contributed by atoms with Crippen molar-refractivity contribution in [2.24, 2.45) is 5.92 Å². The molecule has 6 rings (SSSR count). The Morgan fingerprint density at radius 1 is 1.11 bits per heavy atom. The number of methoxy groups -OCH3 is 1. The molecule has 8 heteroatoms. The highest BCUT2D eigenvalue weighted by molar-refractivity contribution is 6.00. The number of amides is 1. The van der Waals surface area contributed by atoms with Crippen molar-refractivity contribution in [1.82, 2.24) is 9.97 Å². The van der Waals surface area contributed by atoms with Crippen LogP contribution in [0.4, 0.5) is 22.9 Å². The summed E-state index contributed by atoms with van der Waals surface area (Å²) in [5, 5.41) is 3.50. The molecule has 0 bridgehead atoms. The lowest BCUT2D eigenvalue weighted by Gasteiger charge is -2.36. The minimum Gasteiger partial charge on any atom is -0.381 e. The summed E-state index contributed by atoms with van der Waals surface area (Å²) in [6.07, 6.45) is 9.21. The van der Waals surface area contributed by atoms with Crippen LogP contribution >= 0.6 is 0 Å². The number of anilines is 4. The molecule has 3 aliphatic rings. The molecular formula is C29H33N5O3. The molecule has 4 heterocycles. The summed E-state index contributed by atoms with van der Waals surface area (Å²) in [4.78, 5) is 27.1. The van der Waals surface area contributed by atoms with Crippen LogP contribution in [0.2, 0.25) is 0 Å². The zero-order valence-corrected chi connectivity index (χ0v) is 21.2. The average Bonchev–Trinajstić information content (AvgIpc) is 3.14. The fraction of sp³-hybridized carbons (Fsp3) is 0.414. The Kier molecular flexibility index (Phi) is 6.76. The Morgan fingerprint density at radius 2 is 1.97 bits per heavy atom. The van der Waals surface area contributed by atoms with E-state index in [9.17, 15) is 4.79 Å². The first-order chi connectivity index (χ1) is 18.2. The zero-order chi connectivity index (χ0) is 25.2. The SMILES string of the molecule is COC1CCC(C(=O)N2Cc3cccnc3Nc3ccc(N4CCOC(c5cccnc5)C4)cc32)CC1. The van der Waals surface area contributed by atoms with Crippen molar-refractivity contribution < 1.29 is 14.3 Å². The van der Waals surface area contributed by atoms with E-state index in [-0.39, 0.29) is 24.0 Å². The highest BCUT2D eigenvalue weighted by Crippen LogP contribution is 2.40. The van der Waals surface area contributed by atoms with Crippen LogP contribution in [0.1, 0.15) is 42.9 Å². The average molecular weight is 500 g/mol. The second-order valence-corrected chi connectivity index (χ2v) is 10.1. The zero-order valence-electron chi connectivity index (χ0n) is 21.2. The molecule has 1 saturated carbocycles. The third-order valence-electron chi connectivity index (χ3n) is 7.86. The Morgan fingerprint density at radius 3 is 2.78 bits per heavy atom. The number of nitrogens with zero attached hydrogens (tertiary/aromatic N) is 4. The standard InChI is InChI=1S/C29H33N5O3/c1-36-24-9-6-20(7-10-24)29(35)34-18-22-5-3-13-31-28(22)32-25-11-8-23(16-26(25)34)33-14-15-37-27(19-33)21-4-2-12-30-17-21/h2-5,8,11-13,16-17,20,24,27H,6-7,9-10,14-15,18-19H2,1H3,(H,31,32). The number of morpholine rings is 1. The topological polar surface area (TPSA) is 79.8 Å². The van der Waals surface area contributed by atoms with Crippen molar-refractivity contribution in [1.29, 1.82) is 0 Å². The molecule has 0 radical (unpaired) electrons. The van der Waals surface area contributed by atoms with Gasteiger partial charge in [-0.2, -0.15) is 0 Å². The maximum absolute atomic E-state index is 14.0. The minimum atomic E-state index is -0.0402. The summed E-state index contributed by atoms with van der Waals surface area (Å²) in [6.45, 7) is 2.65. The minimum absolute atomic E-state index is 0.000486. The molecule has 2 fully saturated rings. The van der Waals surface area contributed by atoms with Gasteiger partial charge in [-0.3, -0.25) is 9.78 Å². The number of rotatable bonds is 4. The van der Waals surface area contributed by atoms with E-state index in [1.165, 1.54) is 0 Å². The fourth-order valence-electron chi connectivity index (χ4n) is 5.72. The molecule has 2 aromatic heterocycles. The molecule has 1 aromatic carbocycles. The van der Waals surface area contributed by atoms with Gasteiger partial charge in [0.15, 0.2) is 0 Å². The predicted molar refractivity (Wildman–Crippen MR) is 143 cm³/mol. The van der Waals surface area contributed by atoms with Gasteiger partial charge in [-0.05, 0) is 56.0 Å². The quantitative estimate of drug-likeness (QED) is 0.550. The Labute approximate surface area is 217 Å². The fourth-order valence-corrected chi connectivity index (χ4v) is 5.72. The van der Waals surface area contributed by atoms with Crippen LogP contribution in [-0.4, -0.2) is 48.8 Å². The van der Waals surface area contributed by atoms with E-state index >= 15 is 0 Å². The first-order valence-electron chi connectivity index (χ1n) is 13.1. The molecule has 1 unspecified atom stereocenters. The highest BCUT2D eigenvalue weighted by Gasteiger charge is 2.33. The van der Waals surface area contributed by atoms with E-state index in [2.05, 4.69) is 44.5 Å². The summed E-state index contributed by atoms with van der Waals surface area (Å²) in [5.41, 5.74) is 4.98. The van der Waals surface area contributed by atoms with Crippen molar-refractivity contribution in [2.45, 2.75) is 44.4 Å².